The largest absolute Gasteiger partial charge is 0.495 e. The Kier molecular flexibility index (Phi) is 4.24. The number of anilines is 2. The molecule has 26 heavy (non-hydrogen) atoms. The van der Waals surface area contributed by atoms with Crippen molar-refractivity contribution < 1.29 is 14.3 Å². The minimum absolute atomic E-state index is 0.142. The summed E-state index contributed by atoms with van der Waals surface area (Å²) < 4.78 is 10.6. The summed E-state index contributed by atoms with van der Waals surface area (Å²) >= 11 is 1.65. The van der Waals surface area contributed by atoms with Gasteiger partial charge in [-0.1, -0.05) is 6.07 Å². The van der Waals surface area contributed by atoms with E-state index in [1.807, 2.05) is 30.5 Å². The van der Waals surface area contributed by atoms with E-state index in [2.05, 4.69) is 16.3 Å². The van der Waals surface area contributed by atoms with Crippen molar-refractivity contribution in [2.75, 3.05) is 24.4 Å². The minimum atomic E-state index is -0.309. The topological polar surface area (TPSA) is 76.8 Å². The molecule has 0 radical (unpaired) electrons. The standard InChI is InChI=1S/C19H21N3O3S/c1-3-25-19(23)17-13-7-6-11-9-15(24-2)12(20)10-14(11)22(13)18(21-17)16-5-4-8-26-16/h4-5,8-10,18,21H,3,6-7,20H2,1-2H3. The van der Waals surface area contributed by atoms with Gasteiger partial charge in [-0.2, -0.15) is 0 Å². The highest BCUT2D eigenvalue weighted by atomic mass is 32.1. The Balaban J connectivity index is 1.84. The van der Waals surface area contributed by atoms with Crippen molar-refractivity contribution in [1.29, 1.82) is 0 Å². The van der Waals surface area contributed by atoms with Crippen LogP contribution >= 0.6 is 11.3 Å². The van der Waals surface area contributed by atoms with Gasteiger partial charge in [0.1, 0.15) is 17.6 Å². The van der Waals surface area contributed by atoms with Crippen LogP contribution in [-0.4, -0.2) is 19.7 Å². The van der Waals surface area contributed by atoms with E-state index in [4.69, 9.17) is 15.2 Å². The first-order valence-electron chi connectivity index (χ1n) is 8.59. The highest BCUT2D eigenvalue weighted by Gasteiger charge is 2.40. The Bertz CT molecular complexity index is 876. The SMILES string of the molecule is CCOC(=O)C1=C2CCc3cc(OC)c(N)cc3N2C(c2cccs2)N1. The van der Waals surface area contributed by atoms with Gasteiger partial charge < -0.3 is 25.4 Å². The van der Waals surface area contributed by atoms with Crippen molar-refractivity contribution in [2.45, 2.75) is 25.9 Å². The molecule has 0 fully saturated rings. The van der Waals surface area contributed by atoms with Crippen LogP contribution in [0.5, 0.6) is 5.75 Å². The predicted molar refractivity (Wildman–Crippen MR) is 102 cm³/mol. The van der Waals surface area contributed by atoms with Crippen LogP contribution in [0.15, 0.2) is 41.0 Å². The molecule has 1 aromatic carbocycles. The first-order chi connectivity index (χ1) is 12.6. The van der Waals surface area contributed by atoms with Gasteiger partial charge in [0.25, 0.3) is 0 Å². The average Bonchev–Trinajstić information content (AvgIpc) is 3.28. The molecule has 3 heterocycles. The number of carbonyl (C=O) groups is 1. The van der Waals surface area contributed by atoms with Crippen molar-refractivity contribution in [1.82, 2.24) is 5.32 Å². The number of hydrogen-bond donors (Lipinski definition) is 2. The molecule has 0 spiro atoms. The van der Waals surface area contributed by atoms with Crippen LogP contribution in [0.4, 0.5) is 11.4 Å². The molecule has 2 aromatic rings. The van der Waals surface area contributed by atoms with Crippen molar-refractivity contribution in [3.05, 3.63) is 51.5 Å². The van der Waals surface area contributed by atoms with Crippen molar-refractivity contribution in [2.24, 2.45) is 0 Å². The summed E-state index contributed by atoms with van der Waals surface area (Å²) in [6.07, 6.45) is 1.43. The summed E-state index contributed by atoms with van der Waals surface area (Å²) in [4.78, 5) is 15.8. The van der Waals surface area contributed by atoms with Crippen LogP contribution < -0.4 is 20.7 Å². The molecule has 7 heteroatoms. The maximum atomic E-state index is 12.5. The first kappa shape index (κ1) is 16.8. The van der Waals surface area contributed by atoms with E-state index in [-0.39, 0.29) is 12.1 Å². The van der Waals surface area contributed by atoms with Crippen LogP contribution in [0.2, 0.25) is 0 Å². The lowest BCUT2D eigenvalue weighted by atomic mass is 9.97. The summed E-state index contributed by atoms with van der Waals surface area (Å²) in [5.41, 5.74) is 10.4. The summed E-state index contributed by atoms with van der Waals surface area (Å²) in [5, 5.41) is 5.41. The summed E-state index contributed by atoms with van der Waals surface area (Å²) in [7, 11) is 1.62. The number of nitrogens with two attached hydrogens (primary N) is 1. The lowest BCUT2D eigenvalue weighted by Gasteiger charge is -2.34. The second kappa shape index (κ2) is 6.57. The maximum absolute atomic E-state index is 12.5. The van der Waals surface area contributed by atoms with Gasteiger partial charge in [-0.15, -0.1) is 11.3 Å². The van der Waals surface area contributed by atoms with Gasteiger partial charge in [-0.05, 0) is 48.9 Å². The van der Waals surface area contributed by atoms with Gasteiger partial charge in [0.15, 0.2) is 0 Å². The molecule has 0 bridgehead atoms. The van der Waals surface area contributed by atoms with Crippen LogP contribution in [-0.2, 0) is 16.0 Å². The number of aryl methyl sites for hydroxylation is 1. The molecule has 6 nitrogen and oxygen atoms in total. The average molecular weight is 371 g/mol. The quantitative estimate of drug-likeness (QED) is 0.635. The number of allylic oxidation sites excluding steroid dienone is 1. The Morgan fingerprint density at radius 1 is 1.42 bits per heavy atom. The fourth-order valence-electron chi connectivity index (χ4n) is 3.60. The number of benzene rings is 1. The minimum Gasteiger partial charge on any atom is -0.495 e. The van der Waals surface area contributed by atoms with Crippen LogP contribution in [0.1, 0.15) is 30.0 Å². The number of ether oxygens (including phenoxy) is 2. The van der Waals surface area contributed by atoms with Gasteiger partial charge in [-0.3, -0.25) is 0 Å². The zero-order valence-electron chi connectivity index (χ0n) is 14.7. The van der Waals surface area contributed by atoms with Gasteiger partial charge in [0.05, 0.1) is 25.1 Å². The molecular formula is C19H21N3O3S. The third-order valence-corrected chi connectivity index (χ3v) is 5.66. The van der Waals surface area contributed by atoms with E-state index in [0.29, 0.717) is 23.7 Å². The molecule has 4 rings (SSSR count). The maximum Gasteiger partial charge on any atom is 0.356 e. The number of nitrogens with zero attached hydrogens (tertiary/aromatic N) is 1. The van der Waals surface area contributed by atoms with Crippen molar-refractivity contribution in [3.63, 3.8) is 0 Å². The number of methoxy groups -OCH3 is 1. The number of rotatable bonds is 4. The van der Waals surface area contributed by atoms with Gasteiger partial charge >= 0.3 is 5.97 Å². The molecule has 1 aromatic heterocycles. The molecule has 2 aliphatic rings. The number of fused-ring (bicyclic) bond motifs is 3. The Hall–Kier alpha value is -2.67. The lowest BCUT2D eigenvalue weighted by molar-refractivity contribution is -0.139. The Morgan fingerprint density at radius 2 is 2.27 bits per heavy atom. The smallest absolute Gasteiger partial charge is 0.356 e. The monoisotopic (exact) mass is 371 g/mol. The third-order valence-electron chi connectivity index (χ3n) is 4.73. The molecule has 136 valence electrons. The third kappa shape index (κ3) is 2.59. The van der Waals surface area contributed by atoms with E-state index >= 15 is 0 Å². The van der Waals surface area contributed by atoms with E-state index in [9.17, 15) is 4.79 Å². The molecule has 2 aliphatic heterocycles. The highest BCUT2D eigenvalue weighted by molar-refractivity contribution is 7.10. The number of nitrogens with one attached hydrogen (secondary N) is 1. The van der Waals surface area contributed by atoms with E-state index in [0.717, 1.165) is 34.7 Å². The number of carbonyl (C=O) groups excluding carboxylic acids is 1. The van der Waals surface area contributed by atoms with Crippen molar-refractivity contribution >= 4 is 28.7 Å². The zero-order chi connectivity index (χ0) is 18.3. The molecule has 0 saturated heterocycles. The number of hydrogen-bond acceptors (Lipinski definition) is 7. The molecule has 0 aliphatic carbocycles. The number of esters is 1. The molecule has 0 saturated carbocycles. The van der Waals surface area contributed by atoms with Crippen LogP contribution in [0.3, 0.4) is 0 Å². The molecule has 3 N–H and O–H groups in total. The fraction of sp³-hybridized carbons (Fsp3) is 0.316. The first-order valence-corrected chi connectivity index (χ1v) is 9.47. The van der Waals surface area contributed by atoms with Crippen LogP contribution in [0, 0.1) is 0 Å². The predicted octanol–water partition coefficient (Wildman–Crippen LogP) is 3.17. The van der Waals surface area contributed by atoms with E-state index in [1.165, 1.54) is 0 Å². The number of nitrogen functional groups attached to an aromatic ring is 1. The lowest BCUT2D eigenvalue weighted by Crippen LogP contribution is -2.31. The van der Waals surface area contributed by atoms with E-state index in [1.54, 1.807) is 18.4 Å². The fourth-order valence-corrected chi connectivity index (χ4v) is 4.36. The molecule has 1 unspecified atom stereocenters. The van der Waals surface area contributed by atoms with Crippen molar-refractivity contribution in [3.8, 4) is 5.75 Å². The normalized spacial score (nSPS) is 18.2. The second-order valence-corrected chi connectivity index (χ2v) is 7.18. The van der Waals surface area contributed by atoms with Gasteiger partial charge in [-0.25, -0.2) is 4.79 Å². The van der Waals surface area contributed by atoms with Gasteiger partial charge in [0, 0.05) is 10.6 Å². The van der Waals surface area contributed by atoms with E-state index < -0.39 is 0 Å². The molecule has 1 atom stereocenters. The second-order valence-electron chi connectivity index (χ2n) is 6.20. The summed E-state index contributed by atoms with van der Waals surface area (Å²) in [6, 6.07) is 8.01. The molecular weight excluding hydrogens is 350 g/mol. The Morgan fingerprint density at radius 3 is 2.96 bits per heavy atom. The zero-order valence-corrected chi connectivity index (χ0v) is 15.6. The summed E-state index contributed by atoms with van der Waals surface area (Å²) in [5.74, 6) is 0.373. The number of thiophene rings is 1. The summed E-state index contributed by atoms with van der Waals surface area (Å²) in [6.45, 7) is 2.16. The van der Waals surface area contributed by atoms with Gasteiger partial charge in [0.2, 0.25) is 0 Å². The highest BCUT2D eigenvalue weighted by Crippen LogP contribution is 2.46. The Labute approximate surface area is 156 Å². The van der Waals surface area contributed by atoms with Crippen LogP contribution in [0.25, 0.3) is 0 Å². The molecule has 0 amide bonds.